The molecule has 0 saturated carbocycles. The molecule has 1 atom stereocenters. The molecule has 0 amide bonds. The normalized spacial score (nSPS) is 19.1. The number of aliphatic hydroxyl groups is 1. The summed E-state index contributed by atoms with van der Waals surface area (Å²) in [5.74, 6) is 0.821. The van der Waals surface area contributed by atoms with Crippen molar-refractivity contribution in [3.05, 3.63) is 18.5 Å². The Bertz CT molecular complexity index is 396. The van der Waals surface area contributed by atoms with Gasteiger partial charge < -0.3 is 10.0 Å². The highest BCUT2D eigenvalue weighted by molar-refractivity contribution is 5.29. The monoisotopic (exact) mass is 278 g/mol. The van der Waals surface area contributed by atoms with Crippen molar-refractivity contribution in [3.63, 3.8) is 0 Å². The summed E-state index contributed by atoms with van der Waals surface area (Å²) < 4.78 is 0. The third-order valence-electron chi connectivity index (χ3n) is 3.93. The highest BCUT2D eigenvalue weighted by Crippen LogP contribution is 2.22. The Kier molecular flexibility index (Phi) is 4.94. The lowest BCUT2D eigenvalue weighted by molar-refractivity contribution is 0.0450. The molecular weight excluding hydrogens is 252 g/mol. The first-order valence-corrected chi connectivity index (χ1v) is 7.39. The molecule has 1 unspecified atom stereocenters. The molecule has 2 heterocycles. The maximum atomic E-state index is 10.1. The molecule has 1 N–H and O–H groups in total. The number of aliphatic hydroxyl groups excluding tert-OH is 1. The molecule has 1 aromatic heterocycles. The number of piperazine rings is 1. The second-order valence-corrected chi connectivity index (χ2v) is 6.55. The lowest BCUT2D eigenvalue weighted by atomic mass is 9.87. The Balaban J connectivity index is 1.75. The summed E-state index contributed by atoms with van der Waals surface area (Å²) in [6, 6.07) is 1.84. The summed E-state index contributed by atoms with van der Waals surface area (Å²) in [7, 11) is 0. The highest BCUT2D eigenvalue weighted by atomic mass is 16.3. The van der Waals surface area contributed by atoms with Crippen LogP contribution in [0.2, 0.25) is 0 Å². The maximum absolute atomic E-state index is 10.1. The third-order valence-corrected chi connectivity index (χ3v) is 3.93. The van der Waals surface area contributed by atoms with Gasteiger partial charge in [-0.1, -0.05) is 20.8 Å². The van der Waals surface area contributed by atoms with Crippen LogP contribution in [0.15, 0.2) is 18.5 Å². The lowest BCUT2D eigenvalue weighted by Gasteiger charge is -2.36. The first-order chi connectivity index (χ1) is 9.47. The molecule has 5 nitrogen and oxygen atoms in total. The molecule has 0 radical (unpaired) electrons. The Morgan fingerprint density at radius 2 is 1.75 bits per heavy atom. The fourth-order valence-corrected chi connectivity index (χ4v) is 2.36. The third kappa shape index (κ3) is 4.15. The number of rotatable bonds is 4. The average molecular weight is 278 g/mol. The van der Waals surface area contributed by atoms with Gasteiger partial charge in [-0.25, -0.2) is 9.97 Å². The van der Waals surface area contributed by atoms with E-state index in [4.69, 9.17) is 0 Å². The van der Waals surface area contributed by atoms with Crippen LogP contribution < -0.4 is 4.90 Å². The molecule has 0 aromatic carbocycles. The van der Waals surface area contributed by atoms with Gasteiger partial charge in [0.25, 0.3) is 0 Å². The molecule has 1 fully saturated rings. The molecule has 1 aromatic rings. The summed E-state index contributed by atoms with van der Waals surface area (Å²) in [5, 5.41) is 10.1. The lowest BCUT2D eigenvalue weighted by Crippen LogP contribution is -2.48. The van der Waals surface area contributed by atoms with E-state index < -0.39 is 0 Å². The quantitative estimate of drug-likeness (QED) is 0.902. The van der Waals surface area contributed by atoms with E-state index in [0.717, 1.165) is 45.1 Å². The van der Waals surface area contributed by atoms with E-state index >= 15 is 0 Å². The molecule has 1 aliphatic heterocycles. The number of hydrogen-bond donors (Lipinski definition) is 1. The molecule has 0 spiro atoms. The van der Waals surface area contributed by atoms with Gasteiger partial charge in [0, 0.05) is 45.1 Å². The van der Waals surface area contributed by atoms with Crippen LogP contribution >= 0.6 is 0 Å². The number of nitrogens with zero attached hydrogens (tertiary/aromatic N) is 4. The van der Waals surface area contributed by atoms with Crippen molar-refractivity contribution in [1.82, 2.24) is 14.9 Å². The molecule has 1 aliphatic rings. The Morgan fingerprint density at radius 1 is 1.15 bits per heavy atom. The number of hydrogen-bond acceptors (Lipinski definition) is 5. The highest BCUT2D eigenvalue weighted by Gasteiger charge is 2.24. The fourth-order valence-electron chi connectivity index (χ4n) is 2.36. The van der Waals surface area contributed by atoms with E-state index in [1.165, 1.54) is 0 Å². The van der Waals surface area contributed by atoms with E-state index in [-0.39, 0.29) is 11.5 Å². The van der Waals surface area contributed by atoms with Crippen LogP contribution in [0, 0.1) is 5.41 Å². The van der Waals surface area contributed by atoms with Crippen LogP contribution in [-0.4, -0.2) is 58.8 Å². The Hall–Kier alpha value is -1.20. The van der Waals surface area contributed by atoms with E-state index in [1.54, 1.807) is 12.4 Å². The molecule has 1 saturated heterocycles. The van der Waals surface area contributed by atoms with Crippen molar-refractivity contribution in [2.24, 2.45) is 5.41 Å². The van der Waals surface area contributed by atoms with Gasteiger partial charge in [0.05, 0.1) is 6.10 Å². The van der Waals surface area contributed by atoms with Crippen molar-refractivity contribution in [2.45, 2.75) is 33.3 Å². The first kappa shape index (κ1) is 15.2. The molecule has 5 heteroatoms. The van der Waals surface area contributed by atoms with Crippen LogP contribution in [0.3, 0.4) is 0 Å². The van der Waals surface area contributed by atoms with Gasteiger partial charge in [-0.15, -0.1) is 0 Å². The zero-order chi connectivity index (χ0) is 14.6. The van der Waals surface area contributed by atoms with Crippen LogP contribution in [0.25, 0.3) is 0 Å². The SMILES string of the molecule is CC(C)(C)C(O)CCN1CCN(c2ncccn2)CC1. The smallest absolute Gasteiger partial charge is 0.225 e. The van der Waals surface area contributed by atoms with Gasteiger partial charge in [0.1, 0.15) is 0 Å². The van der Waals surface area contributed by atoms with Crippen LogP contribution in [-0.2, 0) is 0 Å². The molecule has 20 heavy (non-hydrogen) atoms. The van der Waals surface area contributed by atoms with E-state index in [9.17, 15) is 5.11 Å². The fraction of sp³-hybridized carbons (Fsp3) is 0.733. The van der Waals surface area contributed by atoms with E-state index in [2.05, 4.69) is 40.5 Å². The van der Waals surface area contributed by atoms with Gasteiger partial charge in [0.2, 0.25) is 5.95 Å². The van der Waals surface area contributed by atoms with Crippen LogP contribution in [0.4, 0.5) is 5.95 Å². The summed E-state index contributed by atoms with van der Waals surface area (Å²) in [6.07, 6.45) is 4.17. The summed E-state index contributed by atoms with van der Waals surface area (Å²) >= 11 is 0. The standard InChI is InChI=1S/C15H26N4O/c1-15(2,3)13(20)5-8-18-9-11-19(12-10-18)14-16-6-4-7-17-14/h4,6-7,13,20H,5,8-12H2,1-3H3. The van der Waals surface area contributed by atoms with Crippen LogP contribution in [0.5, 0.6) is 0 Å². The van der Waals surface area contributed by atoms with Gasteiger partial charge in [-0.05, 0) is 17.9 Å². The van der Waals surface area contributed by atoms with Crippen LogP contribution in [0.1, 0.15) is 27.2 Å². The van der Waals surface area contributed by atoms with Crippen molar-refractivity contribution in [3.8, 4) is 0 Å². The molecule has 112 valence electrons. The van der Waals surface area contributed by atoms with Gasteiger partial charge in [0.15, 0.2) is 0 Å². The van der Waals surface area contributed by atoms with Gasteiger partial charge in [-0.3, -0.25) is 4.90 Å². The van der Waals surface area contributed by atoms with Crippen molar-refractivity contribution < 1.29 is 5.11 Å². The zero-order valence-electron chi connectivity index (χ0n) is 12.8. The van der Waals surface area contributed by atoms with Crippen molar-refractivity contribution >= 4 is 5.95 Å². The van der Waals surface area contributed by atoms with Crippen molar-refractivity contribution in [2.75, 3.05) is 37.6 Å². The Morgan fingerprint density at radius 3 is 2.30 bits per heavy atom. The van der Waals surface area contributed by atoms with E-state index in [0.29, 0.717) is 0 Å². The summed E-state index contributed by atoms with van der Waals surface area (Å²) in [5.41, 5.74) is -0.0281. The first-order valence-electron chi connectivity index (χ1n) is 7.39. The zero-order valence-corrected chi connectivity index (χ0v) is 12.8. The minimum Gasteiger partial charge on any atom is -0.393 e. The molecule has 0 aliphatic carbocycles. The predicted molar refractivity (Wildman–Crippen MR) is 80.8 cm³/mol. The Labute approximate surface area is 121 Å². The van der Waals surface area contributed by atoms with Crippen molar-refractivity contribution in [1.29, 1.82) is 0 Å². The average Bonchev–Trinajstić information content (AvgIpc) is 2.45. The minimum absolute atomic E-state index is 0.0281. The van der Waals surface area contributed by atoms with Gasteiger partial charge >= 0.3 is 0 Å². The number of aromatic nitrogens is 2. The minimum atomic E-state index is -0.238. The van der Waals surface area contributed by atoms with E-state index in [1.807, 2.05) is 6.07 Å². The molecular formula is C15H26N4O. The predicted octanol–water partition coefficient (Wildman–Crippen LogP) is 1.40. The van der Waals surface area contributed by atoms with Gasteiger partial charge in [-0.2, -0.15) is 0 Å². The molecule has 2 rings (SSSR count). The second kappa shape index (κ2) is 6.50. The summed E-state index contributed by atoms with van der Waals surface area (Å²) in [6.45, 7) is 11.1. The summed E-state index contributed by atoms with van der Waals surface area (Å²) in [4.78, 5) is 13.2. The topological polar surface area (TPSA) is 52.5 Å². The largest absolute Gasteiger partial charge is 0.393 e. The second-order valence-electron chi connectivity index (χ2n) is 6.55. The molecule has 0 bridgehead atoms. The number of anilines is 1. The maximum Gasteiger partial charge on any atom is 0.225 e.